The van der Waals surface area contributed by atoms with Crippen LogP contribution in [0.4, 0.5) is 0 Å². The van der Waals surface area contributed by atoms with Crippen molar-refractivity contribution in [2.45, 2.75) is 6.42 Å². The number of nitrogens with zero attached hydrogens (tertiary/aromatic N) is 2. The number of hydrogen-bond donors (Lipinski definition) is 2. The van der Waals surface area contributed by atoms with Crippen LogP contribution in [0, 0.1) is 23.7 Å². The molecule has 0 aromatic carbocycles. The largest absolute Gasteiger partial charge is 0.370 e. The molecule has 4 atom stereocenters. The molecule has 0 spiro atoms. The lowest BCUT2D eigenvalue weighted by Crippen LogP contribution is -2.36. The first-order chi connectivity index (χ1) is 10.1. The van der Waals surface area contributed by atoms with Gasteiger partial charge in [0.05, 0.1) is 18.4 Å². The molecule has 0 radical (unpaired) electrons. The van der Waals surface area contributed by atoms with Crippen molar-refractivity contribution in [1.29, 1.82) is 0 Å². The van der Waals surface area contributed by atoms with Crippen molar-refractivity contribution < 1.29 is 9.59 Å². The van der Waals surface area contributed by atoms with Crippen LogP contribution in [0.3, 0.4) is 0 Å². The maximum absolute atomic E-state index is 12.4. The average Bonchev–Trinajstić information content (AvgIpc) is 3.14. The second kappa shape index (κ2) is 6.80. The van der Waals surface area contributed by atoms with Gasteiger partial charge >= 0.3 is 0 Å². The van der Waals surface area contributed by atoms with Gasteiger partial charge in [-0.15, -0.1) is 30.6 Å². The number of rotatable bonds is 5. The summed E-state index contributed by atoms with van der Waals surface area (Å²) in [6, 6.07) is 0. The van der Waals surface area contributed by atoms with Gasteiger partial charge in [0.2, 0.25) is 11.8 Å². The van der Waals surface area contributed by atoms with Crippen molar-refractivity contribution in [1.82, 2.24) is 10.2 Å². The molecular formula is C15H21IN4O2. The van der Waals surface area contributed by atoms with Crippen LogP contribution in [0.25, 0.3) is 0 Å². The quantitative estimate of drug-likeness (QED) is 0.225. The van der Waals surface area contributed by atoms with Crippen LogP contribution in [-0.2, 0) is 9.59 Å². The van der Waals surface area contributed by atoms with Crippen molar-refractivity contribution in [3.63, 3.8) is 0 Å². The predicted molar refractivity (Wildman–Crippen MR) is 94.5 cm³/mol. The number of nitrogens with one attached hydrogen (secondary N) is 1. The first-order valence-corrected chi connectivity index (χ1v) is 7.31. The highest BCUT2D eigenvalue weighted by atomic mass is 127. The van der Waals surface area contributed by atoms with E-state index < -0.39 is 0 Å². The molecule has 120 valence electrons. The van der Waals surface area contributed by atoms with Crippen LogP contribution < -0.4 is 11.1 Å². The van der Waals surface area contributed by atoms with E-state index in [2.05, 4.69) is 29.0 Å². The minimum absolute atomic E-state index is 0. The Bertz CT molecular complexity index is 516. The third-order valence-electron chi connectivity index (χ3n) is 4.59. The summed E-state index contributed by atoms with van der Waals surface area (Å²) in [6.45, 7) is 4.74. The van der Waals surface area contributed by atoms with Gasteiger partial charge in [-0.25, -0.2) is 0 Å². The molecule has 4 unspecified atom stereocenters. The lowest BCUT2D eigenvalue weighted by Gasteiger charge is -2.16. The molecule has 1 saturated carbocycles. The van der Waals surface area contributed by atoms with Gasteiger partial charge in [0.1, 0.15) is 0 Å². The number of carbonyl (C=O) groups is 2. The molecule has 3 rings (SSSR count). The van der Waals surface area contributed by atoms with Crippen molar-refractivity contribution in [2.75, 3.05) is 19.6 Å². The van der Waals surface area contributed by atoms with Gasteiger partial charge in [0.15, 0.2) is 5.96 Å². The van der Waals surface area contributed by atoms with Gasteiger partial charge in [-0.2, -0.15) is 0 Å². The number of likely N-dealkylation sites (tertiary alicyclic amines) is 1. The van der Waals surface area contributed by atoms with Gasteiger partial charge in [-0.1, -0.05) is 18.2 Å². The molecule has 0 aromatic heterocycles. The zero-order chi connectivity index (χ0) is 15.0. The Labute approximate surface area is 146 Å². The van der Waals surface area contributed by atoms with Crippen LogP contribution in [-0.4, -0.2) is 42.3 Å². The molecule has 2 aliphatic carbocycles. The highest BCUT2D eigenvalue weighted by molar-refractivity contribution is 14.0. The van der Waals surface area contributed by atoms with E-state index in [9.17, 15) is 9.59 Å². The number of nitrogens with two attached hydrogens (primary N) is 1. The Kier molecular flexibility index (Phi) is 5.25. The van der Waals surface area contributed by atoms with E-state index in [-0.39, 0.29) is 59.5 Å². The monoisotopic (exact) mass is 416 g/mol. The second-order valence-electron chi connectivity index (χ2n) is 5.76. The number of allylic oxidation sites excluding steroid dienone is 2. The van der Waals surface area contributed by atoms with Gasteiger partial charge < -0.3 is 11.1 Å². The van der Waals surface area contributed by atoms with Crippen molar-refractivity contribution in [3.05, 3.63) is 24.8 Å². The summed E-state index contributed by atoms with van der Waals surface area (Å²) in [4.78, 5) is 30.3. The van der Waals surface area contributed by atoms with Crippen LogP contribution >= 0.6 is 24.0 Å². The zero-order valence-electron chi connectivity index (χ0n) is 12.3. The summed E-state index contributed by atoms with van der Waals surface area (Å²) >= 11 is 0. The molecule has 2 fully saturated rings. The van der Waals surface area contributed by atoms with Crippen LogP contribution in [0.2, 0.25) is 0 Å². The zero-order valence-corrected chi connectivity index (χ0v) is 14.6. The first-order valence-electron chi connectivity index (χ1n) is 7.31. The fraction of sp³-hybridized carbons (Fsp3) is 0.533. The second-order valence-corrected chi connectivity index (χ2v) is 5.76. The van der Waals surface area contributed by atoms with Gasteiger partial charge in [-0.05, 0) is 18.3 Å². The lowest BCUT2D eigenvalue weighted by molar-refractivity contribution is -0.140. The fourth-order valence-corrected chi connectivity index (χ4v) is 3.69. The van der Waals surface area contributed by atoms with Crippen LogP contribution in [0.15, 0.2) is 29.8 Å². The topological polar surface area (TPSA) is 87.8 Å². The Morgan fingerprint density at radius 3 is 2.50 bits per heavy atom. The smallest absolute Gasteiger partial charge is 0.233 e. The van der Waals surface area contributed by atoms with E-state index >= 15 is 0 Å². The van der Waals surface area contributed by atoms with Crippen molar-refractivity contribution in [2.24, 2.45) is 34.4 Å². The summed E-state index contributed by atoms with van der Waals surface area (Å²) in [5.74, 6) is 0.481. The highest BCUT2D eigenvalue weighted by Gasteiger charge is 2.58. The number of hydrogen-bond acceptors (Lipinski definition) is 3. The van der Waals surface area contributed by atoms with Gasteiger partial charge in [0, 0.05) is 13.1 Å². The molecule has 7 heteroatoms. The molecule has 3 aliphatic rings. The molecule has 6 nitrogen and oxygen atoms in total. The number of aliphatic imine (C=N–C) groups is 1. The molecule has 22 heavy (non-hydrogen) atoms. The van der Waals surface area contributed by atoms with E-state index in [0.29, 0.717) is 25.6 Å². The Hall–Kier alpha value is -1.38. The van der Waals surface area contributed by atoms with E-state index in [0.717, 1.165) is 6.42 Å². The minimum atomic E-state index is -0.132. The lowest BCUT2D eigenvalue weighted by atomic mass is 9.85. The maximum Gasteiger partial charge on any atom is 0.233 e. The predicted octanol–water partition coefficient (Wildman–Crippen LogP) is 0.502. The molecule has 1 saturated heterocycles. The van der Waals surface area contributed by atoms with Gasteiger partial charge in [-0.3, -0.25) is 19.5 Å². The van der Waals surface area contributed by atoms with Gasteiger partial charge in [0.25, 0.3) is 0 Å². The van der Waals surface area contributed by atoms with E-state index in [1.807, 2.05) is 0 Å². The molecule has 2 bridgehead atoms. The summed E-state index contributed by atoms with van der Waals surface area (Å²) in [6.07, 6.45) is 6.82. The number of fused-ring (bicyclic) bond motifs is 5. The number of carbonyl (C=O) groups excluding carboxylic acids is 2. The number of guanidine groups is 1. The number of imide groups is 1. The molecule has 1 heterocycles. The third kappa shape index (κ3) is 2.78. The summed E-state index contributed by atoms with van der Waals surface area (Å²) < 4.78 is 0. The fourth-order valence-electron chi connectivity index (χ4n) is 3.69. The van der Waals surface area contributed by atoms with Crippen LogP contribution in [0.1, 0.15) is 6.42 Å². The van der Waals surface area contributed by atoms with Crippen LogP contribution in [0.5, 0.6) is 0 Å². The number of amides is 2. The van der Waals surface area contributed by atoms with E-state index in [1.54, 1.807) is 6.08 Å². The van der Waals surface area contributed by atoms with Crippen molar-refractivity contribution in [3.8, 4) is 0 Å². The van der Waals surface area contributed by atoms with E-state index in [1.165, 1.54) is 4.90 Å². The van der Waals surface area contributed by atoms with E-state index in [4.69, 9.17) is 5.73 Å². The Balaban J connectivity index is 0.00000176. The highest BCUT2D eigenvalue weighted by Crippen LogP contribution is 2.52. The molecule has 1 aliphatic heterocycles. The Morgan fingerprint density at radius 1 is 1.36 bits per heavy atom. The summed E-state index contributed by atoms with van der Waals surface area (Å²) in [5.41, 5.74) is 5.65. The standard InChI is InChI=1S/C15H20N4O2.HI/c1-2-5-17-15(16)18-6-7-19-13(20)11-9-3-4-10(8-9)12(11)14(19)21;/h2-4,9-12H,1,5-8H2,(H3,16,17,18);1H. The maximum atomic E-state index is 12.4. The molecule has 2 amide bonds. The SMILES string of the molecule is C=CCNC(N)=NCCN1C(=O)C2C3C=CC(C3)C2C1=O.I. The Morgan fingerprint density at radius 2 is 1.95 bits per heavy atom. The molecular weight excluding hydrogens is 395 g/mol. The first kappa shape index (κ1) is 17.0. The van der Waals surface area contributed by atoms with Crippen molar-refractivity contribution >= 4 is 41.8 Å². The summed E-state index contributed by atoms with van der Waals surface area (Å²) in [7, 11) is 0. The third-order valence-corrected chi connectivity index (χ3v) is 4.59. The number of halogens is 1. The minimum Gasteiger partial charge on any atom is -0.370 e. The summed E-state index contributed by atoms with van der Waals surface area (Å²) in [5, 5.41) is 2.86. The molecule has 0 aromatic rings. The normalized spacial score (nSPS) is 32.2. The average molecular weight is 416 g/mol. The molecule has 3 N–H and O–H groups in total.